The molecular weight excluding hydrogens is 457 g/mol. The number of hydrogen-bond donors (Lipinski definition) is 1. The fourth-order valence-corrected chi connectivity index (χ4v) is 3.84. The van der Waals surface area contributed by atoms with Crippen LogP contribution in [0.5, 0.6) is 5.75 Å². The van der Waals surface area contributed by atoms with Crippen LogP contribution in [0.25, 0.3) is 11.1 Å². The molecule has 0 radical (unpaired) electrons. The highest BCUT2D eigenvalue weighted by Gasteiger charge is 2.16. The first-order valence-corrected chi connectivity index (χ1v) is 11.1. The highest BCUT2D eigenvalue weighted by atomic mass is 35.5. The highest BCUT2D eigenvalue weighted by molar-refractivity contribution is 6.37. The summed E-state index contributed by atoms with van der Waals surface area (Å²) in [5.41, 5.74) is 2.52. The van der Waals surface area contributed by atoms with Crippen molar-refractivity contribution in [1.82, 2.24) is 9.80 Å². The zero-order valence-corrected chi connectivity index (χ0v) is 20.1. The number of nitrogens with zero attached hydrogens (tertiary/aromatic N) is 2. The van der Waals surface area contributed by atoms with Crippen molar-refractivity contribution < 1.29 is 9.53 Å². The van der Waals surface area contributed by atoms with Gasteiger partial charge in [0, 0.05) is 66.5 Å². The van der Waals surface area contributed by atoms with Gasteiger partial charge in [-0.1, -0.05) is 41.4 Å². The second-order valence-corrected chi connectivity index (χ2v) is 8.35. The minimum atomic E-state index is 0.570. The fourth-order valence-electron chi connectivity index (χ4n) is 3.19. The van der Waals surface area contributed by atoms with Gasteiger partial charge in [0.1, 0.15) is 12.0 Å². The number of halogens is 3. The van der Waals surface area contributed by atoms with Crippen LogP contribution in [-0.4, -0.2) is 69.5 Å². The number of allylic oxidation sites excluding steroid dienone is 1. The monoisotopic (exact) mass is 483 g/mol. The minimum absolute atomic E-state index is 0.570. The molecule has 168 valence electrons. The summed E-state index contributed by atoms with van der Waals surface area (Å²) in [6.45, 7) is 9.33. The summed E-state index contributed by atoms with van der Waals surface area (Å²) >= 11 is 19.0. The first kappa shape index (κ1) is 25.5. The van der Waals surface area contributed by atoms with Crippen molar-refractivity contribution in [3.05, 3.63) is 58.1 Å². The average Bonchev–Trinajstić information content (AvgIpc) is 2.77. The summed E-state index contributed by atoms with van der Waals surface area (Å²) in [7, 11) is 3.81. The topological polar surface area (TPSA) is 44.8 Å². The number of methoxy groups -OCH3 is 1. The Morgan fingerprint density at radius 1 is 1.06 bits per heavy atom. The van der Waals surface area contributed by atoms with Gasteiger partial charge in [0.25, 0.3) is 0 Å². The van der Waals surface area contributed by atoms with E-state index in [1.54, 1.807) is 19.2 Å². The zero-order valence-electron chi connectivity index (χ0n) is 17.8. The Labute approximate surface area is 199 Å². The van der Waals surface area contributed by atoms with Gasteiger partial charge in [-0.15, -0.1) is 0 Å². The summed E-state index contributed by atoms with van der Waals surface area (Å²) in [4.78, 5) is 13.9. The Morgan fingerprint density at radius 2 is 1.71 bits per heavy atom. The molecule has 0 spiro atoms. The van der Waals surface area contributed by atoms with Gasteiger partial charge in [0.05, 0.1) is 17.8 Å². The van der Waals surface area contributed by atoms with Gasteiger partial charge in [-0.2, -0.15) is 0 Å². The maximum atomic E-state index is 9.06. The Bertz CT molecular complexity index is 879. The molecule has 1 fully saturated rings. The molecule has 0 atom stereocenters. The van der Waals surface area contributed by atoms with Crippen molar-refractivity contribution >= 4 is 46.8 Å². The van der Waals surface area contributed by atoms with E-state index in [0.29, 0.717) is 27.1 Å². The van der Waals surface area contributed by atoms with Gasteiger partial charge in [0.15, 0.2) is 0 Å². The molecule has 0 bridgehead atoms. The van der Waals surface area contributed by atoms with Crippen molar-refractivity contribution in [3.8, 4) is 16.9 Å². The number of carbonyl (C=O) groups is 1. The van der Waals surface area contributed by atoms with Crippen LogP contribution >= 0.6 is 34.8 Å². The van der Waals surface area contributed by atoms with Crippen LogP contribution in [-0.2, 0) is 4.79 Å². The van der Waals surface area contributed by atoms with Gasteiger partial charge in [0.2, 0.25) is 0 Å². The third-order valence-electron chi connectivity index (χ3n) is 4.94. The molecule has 1 saturated heterocycles. The van der Waals surface area contributed by atoms with Crippen molar-refractivity contribution in [2.75, 3.05) is 58.7 Å². The molecule has 8 heteroatoms. The summed E-state index contributed by atoms with van der Waals surface area (Å²) in [5, 5.41) is 5.27. The molecule has 0 unspecified atom stereocenters. The zero-order chi connectivity index (χ0) is 22.8. The molecular formula is C23H28Cl3N3O2. The van der Waals surface area contributed by atoms with Crippen LogP contribution < -0.4 is 10.1 Å². The van der Waals surface area contributed by atoms with E-state index in [-0.39, 0.29) is 0 Å². The summed E-state index contributed by atoms with van der Waals surface area (Å²) in [6.07, 6.45) is 1.83. The maximum Gasteiger partial charge on any atom is 0.143 e. The van der Waals surface area contributed by atoms with Gasteiger partial charge >= 0.3 is 0 Å². The number of anilines is 1. The lowest BCUT2D eigenvalue weighted by Crippen LogP contribution is -2.45. The standard InChI is InChI=1S/C20H24Cl3N3O.C3H4O/c1-25-7-9-26(10-8-25)6-5-24-19-12-16(18(23)13-20(19)27-2)15-11-14(21)3-4-17(15)22;1-2-3-4/h3-4,11-13,24H,5-10H2,1-2H3;2-3H,1H2. The molecule has 0 aliphatic carbocycles. The van der Waals surface area contributed by atoms with Crippen LogP contribution in [0.3, 0.4) is 0 Å². The van der Waals surface area contributed by atoms with E-state index in [1.165, 1.54) is 6.08 Å². The Balaban J connectivity index is 0.000000785. The molecule has 1 aliphatic rings. The number of nitrogens with one attached hydrogen (secondary N) is 1. The second-order valence-electron chi connectivity index (χ2n) is 7.10. The molecule has 0 aromatic heterocycles. The first-order chi connectivity index (χ1) is 14.9. The number of ether oxygens (including phenoxy) is 1. The van der Waals surface area contributed by atoms with Crippen LogP contribution in [0.4, 0.5) is 5.69 Å². The largest absolute Gasteiger partial charge is 0.495 e. The SMILES string of the molecule is C=CC=O.COc1cc(Cl)c(-c2cc(Cl)ccc2Cl)cc1NCCN1CCN(C)CC1. The third-order valence-corrected chi connectivity index (χ3v) is 5.82. The van der Waals surface area contributed by atoms with E-state index in [4.69, 9.17) is 44.3 Å². The van der Waals surface area contributed by atoms with E-state index < -0.39 is 0 Å². The number of hydrogen-bond acceptors (Lipinski definition) is 5. The number of piperazine rings is 1. The molecule has 1 N–H and O–H groups in total. The van der Waals surface area contributed by atoms with Crippen molar-refractivity contribution in [2.45, 2.75) is 0 Å². The summed E-state index contributed by atoms with van der Waals surface area (Å²) < 4.78 is 5.50. The van der Waals surface area contributed by atoms with Crippen molar-refractivity contribution in [1.29, 1.82) is 0 Å². The van der Waals surface area contributed by atoms with Crippen molar-refractivity contribution in [3.63, 3.8) is 0 Å². The normalized spacial score (nSPS) is 14.4. The van der Waals surface area contributed by atoms with Gasteiger partial charge in [-0.25, -0.2) is 0 Å². The lowest BCUT2D eigenvalue weighted by molar-refractivity contribution is -0.104. The fraction of sp³-hybridized carbons (Fsp3) is 0.348. The van der Waals surface area contributed by atoms with Gasteiger partial charge < -0.3 is 15.0 Å². The number of benzene rings is 2. The molecule has 0 amide bonds. The number of likely N-dealkylation sites (N-methyl/N-ethyl adjacent to an activating group) is 1. The average molecular weight is 485 g/mol. The lowest BCUT2D eigenvalue weighted by Gasteiger charge is -2.32. The van der Waals surface area contributed by atoms with E-state index in [2.05, 4.69) is 28.7 Å². The molecule has 5 nitrogen and oxygen atoms in total. The second kappa shape index (κ2) is 12.9. The quantitative estimate of drug-likeness (QED) is 0.424. The Morgan fingerprint density at radius 3 is 2.32 bits per heavy atom. The first-order valence-electron chi connectivity index (χ1n) is 9.93. The lowest BCUT2D eigenvalue weighted by atomic mass is 10.0. The predicted octanol–water partition coefficient (Wildman–Crippen LogP) is 5.35. The van der Waals surface area contributed by atoms with Gasteiger partial charge in [-0.05, 0) is 37.4 Å². The third kappa shape index (κ3) is 7.70. The number of aldehydes is 1. The van der Waals surface area contributed by atoms with Crippen LogP contribution in [0.1, 0.15) is 0 Å². The van der Waals surface area contributed by atoms with E-state index >= 15 is 0 Å². The van der Waals surface area contributed by atoms with Crippen LogP contribution in [0.2, 0.25) is 15.1 Å². The smallest absolute Gasteiger partial charge is 0.143 e. The maximum absolute atomic E-state index is 9.06. The minimum Gasteiger partial charge on any atom is -0.495 e. The molecule has 31 heavy (non-hydrogen) atoms. The Hall–Kier alpha value is -1.76. The highest BCUT2D eigenvalue weighted by Crippen LogP contribution is 2.40. The molecule has 3 rings (SSSR count). The van der Waals surface area contributed by atoms with Crippen LogP contribution in [0, 0.1) is 0 Å². The molecule has 0 saturated carbocycles. The molecule has 1 heterocycles. The Kier molecular flexibility index (Phi) is 10.6. The number of carbonyl (C=O) groups excluding carboxylic acids is 1. The molecule has 2 aromatic rings. The number of rotatable bonds is 7. The molecule has 1 aliphatic heterocycles. The van der Waals surface area contributed by atoms with Crippen molar-refractivity contribution in [2.24, 2.45) is 0 Å². The summed E-state index contributed by atoms with van der Waals surface area (Å²) in [5.74, 6) is 0.709. The molecule has 2 aromatic carbocycles. The van der Waals surface area contributed by atoms with Gasteiger partial charge in [-0.3, -0.25) is 9.69 Å². The van der Waals surface area contributed by atoms with E-state index in [9.17, 15) is 0 Å². The van der Waals surface area contributed by atoms with E-state index in [0.717, 1.165) is 56.1 Å². The summed E-state index contributed by atoms with van der Waals surface area (Å²) in [6, 6.07) is 9.15. The van der Waals surface area contributed by atoms with Crippen LogP contribution in [0.15, 0.2) is 43.0 Å². The predicted molar refractivity (Wildman–Crippen MR) is 132 cm³/mol. The van der Waals surface area contributed by atoms with E-state index in [1.807, 2.05) is 18.2 Å².